The Balaban J connectivity index is 3.46. The Morgan fingerprint density at radius 2 is 1.47 bits per heavy atom. The maximum Gasteiger partial charge on any atom is 0.348 e. The van der Waals surface area contributed by atoms with Gasteiger partial charge in [0, 0.05) is 24.7 Å². The molecule has 4 heteroatoms. The van der Waals surface area contributed by atoms with Crippen molar-refractivity contribution >= 4 is 11.8 Å². The van der Waals surface area contributed by atoms with Crippen LogP contribution >= 0.6 is 0 Å². The van der Waals surface area contributed by atoms with Crippen molar-refractivity contribution in [2.24, 2.45) is 10.8 Å². The molecule has 0 atom stereocenters. The van der Waals surface area contributed by atoms with Crippen molar-refractivity contribution in [2.45, 2.75) is 61.2 Å². The molecule has 108 valence electrons. The van der Waals surface area contributed by atoms with Crippen LogP contribution in [0.25, 0.3) is 0 Å². The number of Topliss-reactive ketones (excluding diaryl/α,β-unsaturated/α-hetero) is 1. The van der Waals surface area contributed by atoms with Crippen molar-refractivity contribution in [1.82, 2.24) is 0 Å². The van der Waals surface area contributed by atoms with E-state index in [-0.39, 0.29) is 11.4 Å². The summed E-state index contributed by atoms with van der Waals surface area (Å²) in [6.07, 6.45) is 0. The summed E-state index contributed by atoms with van der Waals surface area (Å²) in [4.78, 5) is 24.6. The van der Waals surface area contributed by atoms with Gasteiger partial charge in [0.05, 0.1) is 0 Å². The van der Waals surface area contributed by atoms with Gasteiger partial charge in [-0.3, -0.25) is 4.79 Å². The van der Waals surface area contributed by atoms with Gasteiger partial charge in [0.1, 0.15) is 11.3 Å². The highest BCUT2D eigenvalue weighted by Gasteiger charge is 2.45. The molecular formula is C15H24O4. The molecule has 0 radical (unpaired) electrons. The lowest BCUT2D eigenvalue weighted by atomic mass is 9.81. The van der Waals surface area contributed by atoms with Crippen molar-refractivity contribution < 1.29 is 19.1 Å². The maximum absolute atomic E-state index is 12.5. The number of hydrogen-bond acceptors (Lipinski definition) is 4. The van der Waals surface area contributed by atoms with Gasteiger partial charge in [-0.15, -0.1) is 0 Å². The van der Waals surface area contributed by atoms with Gasteiger partial charge in [-0.2, -0.15) is 0 Å². The molecule has 0 saturated heterocycles. The van der Waals surface area contributed by atoms with Crippen LogP contribution in [0.2, 0.25) is 0 Å². The monoisotopic (exact) mass is 268 g/mol. The second-order valence-electron chi connectivity index (χ2n) is 7.42. The average Bonchev–Trinajstić information content (AvgIpc) is 2.11. The fraction of sp³-hybridized carbons (Fsp3) is 0.733. The molecule has 0 bridgehead atoms. The van der Waals surface area contributed by atoms with Crippen LogP contribution in [0.15, 0.2) is 11.3 Å². The van der Waals surface area contributed by atoms with Gasteiger partial charge >= 0.3 is 5.97 Å². The molecule has 0 amide bonds. The minimum atomic E-state index is -1.04. The largest absolute Gasteiger partial charge is 0.456 e. The Bertz CT molecular complexity index is 442. The smallest absolute Gasteiger partial charge is 0.348 e. The quantitative estimate of drug-likeness (QED) is 0.541. The summed E-state index contributed by atoms with van der Waals surface area (Å²) in [5.41, 5.74) is -1.05. The van der Waals surface area contributed by atoms with Crippen molar-refractivity contribution in [3.63, 3.8) is 0 Å². The van der Waals surface area contributed by atoms with E-state index in [2.05, 4.69) is 0 Å². The molecule has 4 nitrogen and oxygen atoms in total. The highest BCUT2D eigenvalue weighted by Crippen LogP contribution is 2.39. The summed E-state index contributed by atoms with van der Waals surface area (Å²) in [5.74, 6) is -1.48. The van der Waals surface area contributed by atoms with Crippen molar-refractivity contribution in [1.29, 1.82) is 0 Å². The summed E-state index contributed by atoms with van der Waals surface area (Å²) in [7, 11) is 0. The van der Waals surface area contributed by atoms with Gasteiger partial charge < -0.3 is 9.47 Å². The number of carbonyl (C=O) groups excluding carboxylic acids is 2. The lowest BCUT2D eigenvalue weighted by molar-refractivity contribution is -0.213. The van der Waals surface area contributed by atoms with Gasteiger partial charge in [0.2, 0.25) is 5.79 Å². The molecule has 0 N–H and O–H groups in total. The maximum atomic E-state index is 12.5. The Morgan fingerprint density at radius 1 is 1.00 bits per heavy atom. The van der Waals surface area contributed by atoms with Crippen LogP contribution in [-0.2, 0) is 19.1 Å². The molecule has 0 fully saturated rings. The van der Waals surface area contributed by atoms with Crippen LogP contribution in [0.4, 0.5) is 0 Å². The summed E-state index contributed by atoms with van der Waals surface area (Å²) in [6, 6.07) is 0. The average molecular weight is 268 g/mol. The molecule has 0 saturated carbocycles. The lowest BCUT2D eigenvalue weighted by Crippen LogP contribution is -2.43. The molecule has 19 heavy (non-hydrogen) atoms. The zero-order chi connectivity index (χ0) is 15.2. The van der Waals surface area contributed by atoms with Gasteiger partial charge in [0.25, 0.3) is 0 Å². The number of rotatable bonds is 1. The van der Waals surface area contributed by atoms with Crippen LogP contribution in [0.5, 0.6) is 0 Å². The van der Waals surface area contributed by atoms with Crippen molar-refractivity contribution in [3.8, 4) is 0 Å². The minimum absolute atomic E-state index is 0.0410. The molecule has 0 unspecified atom stereocenters. The Labute approximate surface area is 115 Å². The van der Waals surface area contributed by atoms with E-state index in [9.17, 15) is 9.59 Å². The standard InChI is InChI=1S/C15H24O4/c1-13(2,3)10(16)9-11(14(4,5)6)18-15(7,8)19-12(9)17/h1-8H3. The predicted molar refractivity (Wildman–Crippen MR) is 72.2 cm³/mol. The zero-order valence-electron chi connectivity index (χ0n) is 13.1. The van der Waals surface area contributed by atoms with Crippen LogP contribution < -0.4 is 0 Å². The number of ketones is 1. The molecule has 0 aliphatic carbocycles. The predicted octanol–water partition coefficient (Wildman–Crippen LogP) is 3.21. The van der Waals surface area contributed by atoms with Gasteiger partial charge in [0.15, 0.2) is 5.78 Å². The summed E-state index contributed by atoms with van der Waals surface area (Å²) < 4.78 is 10.9. The first-order valence-corrected chi connectivity index (χ1v) is 6.47. The molecule has 1 aliphatic heterocycles. The highest BCUT2D eigenvalue weighted by atomic mass is 16.7. The van der Waals surface area contributed by atoms with E-state index < -0.39 is 22.6 Å². The van der Waals surface area contributed by atoms with E-state index in [1.807, 2.05) is 20.8 Å². The third-order valence-electron chi connectivity index (χ3n) is 2.71. The van der Waals surface area contributed by atoms with Crippen molar-refractivity contribution in [3.05, 3.63) is 11.3 Å². The van der Waals surface area contributed by atoms with Crippen molar-refractivity contribution in [2.75, 3.05) is 0 Å². The fourth-order valence-electron chi connectivity index (χ4n) is 1.78. The van der Waals surface area contributed by atoms with Crippen LogP contribution in [0, 0.1) is 10.8 Å². The van der Waals surface area contributed by atoms with E-state index in [0.29, 0.717) is 5.76 Å². The topological polar surface area (TPSA) is 52.6 Å². The minimum Gasteiger partial charge on any atom is -0.456 e. The Morgan fingerprint density at radius 3 is 1.84 bits per heavy atom. The number of allylic oxidation sites excluding steroid dienone is 1. The van der Waals surface area contributed by atoms with E-state index in [1.165, 1.54) is 0 Å². The van der Waals surface area contributed by atoms with Gasteiger partial charge in [-0.05, 0) is 0 Å². The van der Waals surface area contributed by atoms with Gasteiger partial charge in [-0.1, -0.05) is 41.5 Å². The lowest BCUT2D eigenvalue weighted by Gasteiger charge is -2.38. The number of carbonyl (C=O) groups is 2. The first-order chi connectivity index (χ1) is 8.26. The fourth-order valence-corrected chi connectivity index (χ4v) is 1.78. The first kappa shape index (κ1) is 15.7. The third kappa shape index (κ3) is 3.37. The first-order valence-electron chi connectivity index (χ1n) is 6.47. The molecule has 1 rings (SSSR count). The van der Waals surface area contributed by atoms with Crippen LogP contribution in [0.1, 0.15) is 55.4 Å². The molecule has 0 aromatic carbocycles. The van der Waals surface area contributed by atoms with Gasteiger partial charge in [-0.25, -0.2) is 4.79 Å². The highest BCUT2D eigenvalue weighted by molar-refractivity contribution is 6.19. The third-order valence-corrected chi connectivity index (χ3v) is 2.71. The molecule has 1 heterocycles. The number of hydrogen-bond donors (Lipinski definition) is 0. The SMILES string of the molecule is CC1(C)OC(=O)C(C(=O)C(C)(C)C)=C(C(C)(C)C)O1. The molecule has 0 aromatic rings. The Kier molecular flexibility index (Phi) is 3.61. The van der Waals surface area contributed by atoms with Crippen LogP contribution in [0.3, 0.4) is 0 Å². The normalized spacial score (nSPS) is 19.9. The molecular weight excluding hydrogens is 244 g/mol. The Hall–Kier alpha value is -1.32. The summed E-state index contributed by atoms with van der Waals surface area (Å²) in [5, 5.41) is 0. The number of esters is 1. The number of cyclic esters (lactones) is 1. The van der Waals surface area contributed by atoms with E-state index in [1.54, 1.807) is 34.6 Å². The van der Waals surface area contributed by atoms with Crippen LogP contribution in [-0.4, -0.2) is 17.5 Å². The van der Waals surface area contributed by atoms with E-state index in [4.69, 9.17) is 9.47 Å². The molecule has 0 aromatic heterocycles. The van der Waals surface area contributed by atoms with E-state index >= 15 is 0 Å². The summed E-state index contributed by atoms with van der Waals surface area (Å²) >= 11 is 0. The second kappa shape index (κ2) is 4.36. The van der Waals surface area contributed by atoms with E-state index in [0.717, 1.165) is 0 Å². The molecule has 1 aliphatic rings. The molecule has 0 spiro atoms. The number of ether oxygens (including phenoxy) is 2. The second-order valence-corrected chi connectivity index (χ2v) is 7.42. The zero-order valence-corrected chi connectivity index (χ0v) is 13.1. The summed E-state index contributed by atoms with van der Waals surface area (Å²) in [6.45, 7) is 14.4.